The molecule has 0 atom stereocenters. The summed E-state index contributed by atoms with van der Waals surface area (Å²) >= 11 is 0. The zero-order valence-electron chi connectivity index (χ0n) is 34.5. The fourth-order valence-electron chi connectivity index (χ4n) is 8.05. The maximum absolute atomic E-state index is 14.2. The third-order valence-corrected chi connectivity index (χ3v) is 11.1. The highest BCUT2D eigenvalue weighted by Crippen LogP contribution is 2.41. The average molecular weight is 798 g/mol. The molecule has 0 unspecified atom stereocenters. The lowest BCUT2D eigenvalue weighted by Crippen LogP contribution is -2.29. The first-order chi connectivity index (χ1) is 27.2. The van der Waals surface area contributed by atoms with Gasteiger partial charge in [-0.15, -0.1) is 5.10 Å². The Hall–Kier alpha value is -5.32. The molecule has 4 aromatic carbocycles. The summed E-state index contributed by atoms with van der Waals surface area (Å²) in [6.07, 6.45) is -7.72. The van der Waals surface area contributed by atoms with Crippen molar-refractivity contribution in [3.05, 3.63) is 130 Å². The Labute approximate surface area is 334 Å². The average Bonchev–Trinajstić information content (AvgIpc) is 3.64. The van der Waals surface area contributed by atoms with E-state index in [1.807, 2.05) is 22.8 Å². The molecular formula is C47H49F6N5. The number of hydrogen-bond acceptors (Lipinski definition) is 2. The van der Waals surface area contributed by atoms with E-state index in [-0.39, 0.29) is 51.4 Å². The van der Waals surface area contributed by atoms with Crippen LogP contribution >= 0.6 is 0 Å². The lowest BCUT2D eigenvalue weighted by molar-refractivity contribution is -0.138. The molecule has 11 heteroatoms. The van der Waals surface area contributed by atoms with Gasteiger partial charge in [-0.05, 0) is 106 Å². The maximum Gasteiger partial charge on any atom is 0.416 e. The first-order valence-corrected chi connectivity index (χ1v) is 19.9. The SMILES string of the molecule is CC(C)c1cc(C(C)C)c(-n2/c(=N\n3c4ccc(C(F)(F)F)cc4c4cc(C(F)(F)F)ccc43)n(-c3c(C(C)C)cccc3C(C)C)c3ncccc32)c(C(C)C)c1. The number of fused-ring (bicyclic) bond motifs is 4. The summed E-state index contributed by atoms with van der Waals surface area (Å²) < 4.78 is 90.9. The number of pyridine rings is 1. The molecule has 0 spiro atoms. The molecule has 7 aromatic rings. The van der Waals surface area contributed by atoms with Crippen molar-refractivity contribution in [3.63, 3.8) is 0 Å². The fourth-order valence-corrected chi connectivity index (χ4v) is 8.05. The third-order valence-electron chi connectivity index (χ3n) is 11.1. The van der Waals surface area contributed by atoms with E-state index < -0.39 is 23.5 Å². The first kappa shape index (κ1) is 40.9. The smallest absolute Gasteiger partial charge is 0.275 e. The highest BCUT2D eigenvalue weighted by molar-refractivity contribution is 6.08. The van der Waals surface area contributed by atoms with Crippen LogP contribution in [0.15, 0.2) is 90.2 Å². The van der Waals surface area contributed by atoms with Crippen LogP contribution in [0.4, 0.5) is 26.3 Å². The lowest BCUT2D eigenvalue weighted by atomic mass is 9.87. The Morgan fingerprint density at radius 3 is 1.40 bits per heavy atom. The minimum absolute atomic E-state index is 0.00415. The third kappa shape index (κ3) is 7.00. The standard InChI is InChI=1S/C47H49F6N5/c1-25(2)30-21-35(28(7)8)43(36(22-30)29(9)10)56-41-15-12-20-54-44(41)57(42-33(26(3)4)13-11-14-34(42)27(5)6)45(56)55-58-39-18-16-31(46(48,49)50)23-37(39)38-24-32(47(51,52)53)17-19-40(38)58/h11-29H,1-10H3/b55-45+. The summed E-state index contributed by atoms with van der Waals surface area (Å²) in [5.74, 6) is 0.493. The van der Waals surface area contributed by atoms with Crippen molar-refractivity contribution in [2.75, 3.05) is 0 Å². The molecule has 0 N–H and O–H groups in total. The van der Waals surface area contributed by atoms with Crippen LogP contribution in [0, 0.1) is 0 Å². The van der Waals surface area contributed by atoms with Gasteiger partial charge in [0, 0.05) is 17.0 Å². The number of rotatable bonds is 8. The molecule has 0 aliphatic rings. The zero-order chi connectivity index (χ0) is 42.2. The molecule has 0 aliphatic carbocycles. The van der Waals surface area contributed by atoms with Gasteiger partial charge in [-0.1, -0.05) is 99.6 Å². The van der Waals surface area contributed by atoms with E-state index in [4.69, 9.17) is 10.1 Å². The van der Waals surface area contributed by atoms with Gasteiger partial charge in [0.1, 0.15) is 0 Å². The summed E-state index contributed by atoms with van der Waals surface area (Å²) in [6, 6.07) is 20.9. The molecule has 3 heterocycles. The number of para-hydroxylation sites is 1. The summed E-state index contributed by atoms with van der Waals surface area (Å²) in [5.41, 5.74) is 7.46. The van der Waals surface area contributed by atoms with Gasteiger partial charge in [-0.2, -0.15) is 26.3 Å². The van der Waals surface area contributed by atoms with Crippen LogP contribution in [-0.4, -0.2) is 18.8 Å². The largest absolute Gasteiger partial charge is 0.416 e. The van der Waals surface area contributed by atoms with Gasteiger partial charge in [0.2, 0.25) is 5.62 Å². The predicted octanol–water partition coefficient (Wildman–Crippen LogP) is 13.9. The van der Waals surface area contributed by atoms with E-state index in [0.717, 1.165) is 63.4 Å². The van der Waals surface area contributed by atoms with Crippen LogP contribution in [-0.2, 0) is 12.4 Å². The predicted molar refractivity (Wildman–Crippen MR) is 221 cm³/mol. The Kier molecular flexibility index (Phi) is 10.4. The van der Waals surface area contributed by atoms with Crippen molar-refractivity contribution >= 4 is 33.0 Å². The molecule has 0 radical (unpaired) electrons. The Morgan fingerprint density at radius 1 is 0.500 bits per heavy atom. The van der Waals surface area contributed by atoms with E-state index in [1.165, 1.54) is 22.4 Å². The van der Waals surface area contributed by atoms with Crippen LogP contribution in [0.3, 0.4) is 0 Å². The number of imidazole rings is 1. The highest BCUT2D eigenvalue weighted by atomic mass is 19.4. The molecule has 5 nitrogen and oxygen atoms in total. The van der Waals surface area contributed by atoms with Gasteiger partial charge in [-0.25, -0.2) is 9.66 Å². The topological polar surface area (TPSA) is 40.0 Å². The van der Waals surface area contributed by atoms with E-state index in [1.54, 1.807) is 6.20 Å². The molecule has 0 saturated carbocycles. The number of alkyl halides is 6. The van der Waals surface area contributed by atoms with Gasteiger partial charge in [-0.3, -0.25) is 9.13 Å². The van der Waals surface area contributed by atoms with Gasteiger partial charge in [0.15, 0.2) is 5.65 Å². The van der Waals surface area contributed by atoms with Crippen molar-refractivity contribution in [2.24, 2.45) is 5.10 Å². The number of hydrogen-bond donors (Lipinski definition) is 0. The van der Waals surface area contributed by atoms with Crippen LogP contribution in [0.25, 0.3) is 44.3 Å². The number of nitrogens with zero attached hydrogens (tertiary/aromatic N) is 5. The van der Waals surface area contributed by atoms with Gasteiger partial charge in [0.05, 0.1) is 39.1 Å². The molecule has 0 fully saturated rings. The number of benzene rings is 4. The zero-order valence-corrected chi connectivity index (χ0v) is 34.5. The fraction of sp³-hybridized carbons (Fsp3) is 0.362. The molecule has 0 bridgehead atoms. The minimum atomic E-state index is -4.72. The molecule has 304 valence electrons. The summed E-state index contributed by atoms with van der Waals surface area (Å²) in [7, 11) is 0. The van der Waals surface area contributed by atoms with Gasteiger partial charge < -0.3 is 0 Å². The molecule has 58 heavy (non-hydrogen) atoms. The van der Waals surface area contributed by atoms with Crippen molar-refractivity contribution in [3.8, 4) is 11.4 Å². The van der Waals surface area contributed by atoms with Crippen LogP contribution in [0.2, 0.25) is 0 Å². The molecular weight excluding hydrogens is 749 g/mol. The van der Waals surface area contributed by atoms with Crippen molar-refractivity contribution in [1.29, 1.82) is 0 Å². The monoisotopic (exact) mass is 797 g/mol. The normalized spacial score (nSPS) is 13.4. The second-order valence-corrected chi connectivity index (χ2v) is 16.8. The molecule has 7 rings (SSSR count). The van der Waals surface area contributed by atoms with Gasteiger partial charge in [0.25, 0.3) is 0 Å². The Morgan fingerprint density at radius 2 is 0.966 bits per heavy atom. The molecule has 0 saturated heterocycles. The van der Waals surface area contributed by atoms with Crippen LogP contribution in [0.1, 0.15) is 138 Å². The molecule has 0 aliphatic heterocycles. The number of aromatic nitrogens is 4. The van der Waals surface area contributed by atoms with Crippen LogP contribution < -0.4 is 5.62 Å². The van der Waals surface area contributed by atoms with E-state index in [2.05, 4.69) is 98.1 Å². The minimum Gasteiger partial charge on any atom is -0.275 e. The second kappa shape index (κ2) is 14.8. The Bertz CT molecular complexity index is 2630. The number of halogens is 6. The second-order valence-electron chi connectivity index (χ2n) is 16.8. The maximum atomic E-state index is 14.2. The van der Waals surface area contributed by atoms with E-state index in [9.17, 15) is 26.3 Å². The summed E-state index contributed by atoms with van der Waals surface area (Å²) in [4.78, 5) is 5.01. The lowest BCUT2D eigenvalue weighted by Gasteiger charge is -2.24. The van der Waals surface area contributed by atoms with Crippen LogP contribution in [0.5, 0.6) is 0 Å². The van der Waals surface area contributed by atoms with E-state index in [0.29, 0.717) is 11.3 Å². The quantitative estimate of drug-likeness (QED) is 0.141. The summed E-state index contributed by atoms with van der Waals surface area (Å²) in [6.45, 7) is 21.4. The Balaban J connectivity index is 1.79. The molecule has 3 aromatic heterocycles. The van der Waals surface area contributed by atoms with E-state index >= 15 is 0 Å². The first-order valence-electron chi connectivity index (χ1n) is 19.9. The summed E-state index contributed by atoms with van der Waals surface area (Å²) in [5, 5.41) is 5.44. The van der Waals surface area contributed by atoms with Crippen molar-refractivity contribution < 1.29 is 26.3 Å². The van der Waals surface area contributed by atoms with Gasteiger partial charge >= 0.3 is 12.4 Å². The van der Waals surface area contributed by atoms with Crippen molar-refractivity contribution in [1.82, 2.24) is 18.8 Å². The van der Waals surface area contributed by atoms with Crippen molar-refractivity contribution in [2.45, 2.75) is 111 Å². The molecule has 0 amide bonds. The highest BCUT2D eigenvalue weighted by Gasteiger charge is 2.34.